The molecule has 0 saturated heterocycles. The molecule has 9 heteroatoms. The van der Waals surface area contributed by atoms with Crippen molar-refractivity contribution in [2.75, 3.05) is 4.72 Å². The molecule has 0 saturated carbocycles. The second kappa shape index (κ2) is 6.93. The lowest BCUT2D eigenvalue weighted by Gasteiger charge is -2.11. The van der Waals surface area contributed by atoms with Gasteiger partial charge in [0.2, 0.25) is 5.89 Å². The van der Waals surface area contributed by atoms with Crippen molar-refractivity contribution in [2.24, 2.45) is 0 Å². The van der Waals surface area contributed by atoms with E-state index in [4.69, 9.17) is 4.42 Å². The summed E-state index contributed by atoms with van der Waals surface area (Å²) in [6.45, 7) is 0. The standard InChI is InChI=1S/C20H13F3N2O3S/c21-20(22,23)14-4-3-5-16(12-14)29(26,27)25-15-10-8-13(9-11-15)19-24-17-6-1-2-7-18(17)28-19/h1-12,25H. The van der Waals surface area contributed by atoms with Crippen molar-refractivity contribution in [1.29, 1.82) is 0 Å². The van der Waals surface area contributed by atoms with E-state index in [1.54, 1.807) is 24.3 Å². The van der Waals surface area contributed by atoms with Crippen LogP contribution in [0.1, 0.15) is 5.56 Å². The third-order valence-corrected chi connectivity index (χ3v) is 5.53. The van der Waals surface area contributed by atoms with Gasteiger partial charge in [0.15, 0.2) is 5.58 Å². The van der Waals surface area contributed by atoms with E-state index in [1.807, 2.05) is 12.1 Å². The van der Waals surface area contributed by atoms with Crippen molar-refractivity contribution < 1.29 is 26.0 Å². The van der Waals surface area contributed by atoms with Gasteiger partial charge in [0.05, 0.1) is 10.5 Å². The molecule has 0 unspecified atom stereocenters. The Morgan fingerprint density at radius 1 is 0.897 bits per heavy atom. The minimum Gasteiger partial charge on any atom is -0.436 e. The van der Waals surface area contributed by atoms with Gasteiger partial charge in [-0.1, -0.05) is 18.2 Å². The molecular formula is C20H13F3N2O3S. The smallest absolute Gasteiger partial charge is 0.416 e. The Hall–Kier alpha value is -3.33. The molecule has 1 N–H and O–H groups in total. The predicted octanol–water partition coefficient (Wildman–Crippen LogP) is 5.31. The molecule has 0 atom stereocenters. The molecule has 0 spiro atoms. The van der Waals surface area contributed by atoms with Crippen molar-refractivity contribution in [1.82, 2.24) is 4.98 Å². The van der Waals surface area contributed by atoms with E-state index in [0.717, 1.165) is 18.2 Å². The zero-order valence-electron chi connectivity index (χ0n) is 14.6. The first kappa shape index (κ1) is 19.0. The molecular weight excluding hydrogens is 405 g/mol. The zero-order valence-corrected chi connectivity index (χ0v) is 15.5. The van der Waals surface area contributed by atoms with Gasteiger partial charge in [0, 0.05) is 11.3 Å². The van der Waals surface area contributed by atoms with Gasteiger partial charge >= 0.3 is 6.18 Å². The molecule has 1 aromatic heterocycles. The highest BCUT2D eigenvalue weighted by atomic mass is 32.2. The number of oxazole rings is 1. The second-order valence-corrected chi connectivity index (χ2v) is 7.88. The number of rotatable bonds is 4. The van der Waals surface area contributed by atoms with E-state index >= 15 is 0 Å². The molecule has 0 aliphatic heterocycles. The van der Waals surface area contributed by atoms with Crippen LogP contribution >= 0.6 is 0 Å². The molecule has 0 radical (unpaired) electrons. The summed E-state index contributed by atoms with van der Waals surface area (Å²) >= 11 is 0. The van der Waals surface area contributed by atoms with Crippen LogP contribution in [0.5, 0.6) is 0 Å². The third kappa shape index (κ3) is 3.95. The van der Waals surface area contributed by atoms with E-state index in [9.17, 15) is 21.6 Å². The number of anilines is 1. The number of alkyl halides is 3. The average molecular weight is 418 g/mol. The van der Waals surface area contributed by atoms with Crippen LogP contribution < -0.4 is 4.72 Å². The van der Waals surface area contributed by atoms with Gasteiger partial charge in [-0.15, -0.1) is 0 Å². The number of halogens is 3. The first-order chi connectivity index (χ1) is 13.7. The number of hydrogen-bond donors (Lipinski definition) is 1. The summed E-state index contributed by atoms with van der Waals surface area (Å²) in [5.74, 6) is 0.374. The second-order valence-electron chi connectivity index (χ2n) is 6.20. The van der Waals surface area contributed by atoms with Gasteiger partial charge in [-0.2, -0.15) is 13.2 Å². The highest BCUT2D eigenvalue weighted by Crippen LogP contribution is 2.31. The van der Waals surface area contributed by atoms with Gasteiger partial charge in [-0.3, -0.25) is 4.72 Å². The number of sulfonamides is 1. The topological polar surface area (TPSA) is 72.2 Å². The molecule has 4 aromatic rings. The Kier molecular flexibility index (Phi) is 4.54. The van der Waals surface area contributed by atoms with Crippen LogP contribution in [0.2, 0.25) is 0 Å². The van der Waals surface area contributed by atoms with Crippen molar-refractivity contribution in [3.63, 3.8) is 0 Å². The van der Waals surface area contributed by atoms with Crippen molar-refractivity contribution in [3.05, 3.63) is 78.4 Å². The van der Waals surface area contributed by atoms with Crippen LogP contribution in [0.15, 0.2) is 82.1 Å². The Labute approximate surface area is 163 Å². The molecule has 0 aliphatic rings. The van der Waals surface area contributed by atoms with Crippen LogP contribution in [0, 0.1) is 0 Å². The summed E-state index contributed by atoms with van der Waals surface area (Å²) in [6.07, 6.45) is -4.63. The van der Waals surface area contributed by atoms with Crippen molar-refractivity contribution >= 4 is 26.8 Å². The van der Waals surface area contributed by atoms with Crippen LogP contribution in [-0.4, -0.2) is 13.4 Å². The third-order valence-electron chi connectivity index (χ3n) is 4.15. The molecule has 0 aliphatic carbocycles. The fourth-order valence-electron chi connectivity index (χ4n) is 2.73. The summed E-state index contributed by atoms with van der Waals surface area (Å²) in [5.41, 5.74) is 1.10. The van der Waals surface area contributed by atoms with Crippen LogP contribution in [-0.2, 0) is 16.2 Å². The highest BCUT2D eigenvalue weighted by Gasteiger charge is 2.31. The summed E-state index contributed by atoms with van der Waals surface area (Å²) in [7, 11) is -4.18. The van der Waals surface area contributed by atoms with Gasteiger partial charge in [-0.25, -0.2) is 13.4 Å². The molecule has 0 bridgehead atoms. The van der Waals surface area contributed by atoms with E-state index in [-0.39, 0.29) is 5.69 Å². The maximum absolute atomic E-state index is 12.8. The maximum Gasteiger partial charge on any atom is 0.416 e. The minimum absolute atomic E-state index is 0.197. The molecule has 5 nitrogen and oxygen atoms in total. The van der Waals surface area contributed by atoms with Crippen LogP contribution in [0.25, 0.3) is 22.6 Å². The van der Waals surface area contributed by atoms with E-state index in [0.29, 0.717) is 28.6 Å². The van der Waals surface area contributed by atoms with Gasteiger partial charge in [-0.05, 0) is 54.6 Å². The maximum atomic E-state index is 12.8. The largest absolute Gasteiger partial charge is 0.436 e. The van der Waals surface area contributed by atoms with Gasteiger partial charge in [0.25, 0.3) is 10.0 Å². The fraction of sp³-hybridized carbons (Fsp3) is 0.0500. The molecule has 148 valence electrons. The Morgan fingerprint density at radius 2 is 1.62 bits per heavy atom. The minimum atomic E-state index is -4.63. The average Bonchev–Trinajstić information content (AvgIpc) is 3.12. The van der Waals surface area contributed by atoms with Crippen molar-refractivity contribution in [3.8, 4) is 11.5 Å². The number of hydrogen-bond acceptors (Lipinski definition) is 4. The first-order valence-corrected chi connectivity index (χ1v) is 9.87. The quantitative estimate of drug-likeness (QED) is 0.487. The van der Waals surface area contributed by atoms with E-state index in [1.165, 1.54) is 12.1 Å². The predicted molar refractivity (Wildman–Crippen MR) is 102 cm³/mol. The normalized spacial score (nSPS) is 12.2. The van der Waals surface area contributed by atoms with Gasteiger partial charge in [0.1, 0.15) is 5.52 Å². The van der Waals surface area contributed by atoms with E-state index < -0.39 is 26.7 Å². The SMILES string of the molecule is O=S(=O)(Nc1ccc(-c2nc3ccccc3o2)cc1)c1cccc(C(F)(F)F)c1. The summed E-state index contributed by atoms with van der Waals surface area (Å²) in [4.78, 5) is 3.88. The number of fused-ring (bicyclic) bond motifs is 1. The molecule has 0 fully saturated rings. The fourth-order valence-corrected chi connectivity index (χ4v) is 3.83. The number of benzene rings is 3. The highest BCUT2D eigenvalue weighted by molar-refractivity contribution is 7.92. The van der Waals surface area contributed by atoms with Crippen LogP contribution in [0.3, 0.4) is 0 Å². The number of nitrogens with zero attached hydrogens (tertiary/aromatic N) is 1. The monoisotopic (exact) mass is 418 g/mol. The molecule has 3 aromatic carbocycles. The van der Waals surface area contributed by atoms with Crippen LogP contribution in [0.4, 0.5) is 18.9 Å². The molecule has 4 rings (SSSR count). The lowest BCUT2D eigenvalue weighted by atomic mass is 10.2. The van der Waals surface area contributed by atoms with Crippen molar-refractivity contribution in [2.45, 2.75) is 11.1 Å². The van der Waals surface area contributed by atoms with Gasteiger partial charge < -0.3 is 4.42 Å². The number of para-hydroxylation sites is 2. The lowest BCUT2D eigenvalue weighted by molar-refractivity contribution is -0.137. The number of aromatic nitrogens is 1. The Bertz CT molecular complexity index is 1250. The van der Waals surface area contributed by atoms with E-state index in [2.05, 4.69) is 9.71 Å². The Morgan fingerprint density at radius 3 is 2.31 bits per heavy atom. The number of nitrogens with one attached hydrogen (secondary N) is 1. The lowest BCUT2D eigenvalue weighted by Crippen LogP contribution is -2.14. The summed E-state index contributed by atoms with van der Waals surface area (Å²) in [6, 6.07) is 17.0. The summed E-state index contributed by atoms with van der Waals surface area (Å²) in [5, 5.41) is 0. The molecule has 1 heterocycles. The zero-order chi connectivity index (χ0) is 20.6. The molecule has 29 heavy (non-hydrogen) atoms. The molecule has 0 amide bonds. The Balaban J connectivity index is 1.58. The summed E-state index contributed by atoms with van der Waals surface area (Å²) < 4.78 is 71.3. The first-order valence-electron chi connectivity index (χ1n) is 8.38.